The predicted octanol–water partition coefficient (Wildman–Crippen LogP) is 4.19. The first-order valence-electron chi connectivity index (χ1n) is 11.7. The van der Waals surface area contributed by atoms with Crippen LogP contribution in [0.5, 0.6) is 0 Å². The molecule has 0 unspecified atom stereocenters. The van der Waals surface area contributed by atoms with E-state index in [0.29, 0.717) is 24.3 Å². The van der Waals surface area contributed by atoms with Crippen molar-refractivity contribution in [3.63, 3.8) is 0 Å². The molecule has 0 bridgehead atoms. The molecule has 0 spiro atoms. The summed E-state index contributed by atoms with van der Waals surface area (Å²) < 4.78 is 25.4. The van der Waals surface area contributed by atoms with E-state index in [1.54, 1.807) is 24.3 Å². The molecule has 35 heavy (non-hydrogen) atoms. The Morgan fingerprint density at radius 1 is 0.886 bits per heavy atom. The quantitative estimate of drug-likeness (QED) is 0.445. The van der Waals surface area contributed by atoms with Crippen LogP contribution >= 0.6 is 0 Å². The number of anilines is 1. The van der Waals surface area contributed by atoms with Gasteiger partial charge < -0.3 is 4.90 Å². The van der Waals surface area contributed by atoms with E-state index in [1.165, 1.54) is 21.5 Å². The Labute approximate surface area is 208 Å². The van der Waals surface area contributed by atoms with Gasteiger partial charge in [-0.25, -0.2) is 8.42 Å². The fourth-order valence-corrected chi connectivity index (χ4v) is 5.45. The topological polar surface area (TPSA) is 60.9 Å². The van der Waals surface area contributed by atoms with Crippen LogP contribution in [0.1, 0.15) is 27.5 Å². The van der Waals surface area contributed by atoms with Crippen molar-refractivity contribution in [3.05, 3.63) is 114 Å². The van der Waals surface area contributed by atoms with E-state index in [9.17, 15) is 13.2 Å². The van der Waals surface area contributed by atoms with Crippen LogP contribution in [0.25, 0.3) is 0 Å². The largest absolute Gasteiger partial charge is 0.336 e. The number of carbonyl (C=O) groups is 1. The first-order valence-corrected chi connectivity index (χ1v) is 13.5. The van der Waals surface area contributed by atoms with Crippen molar-refractivity contribution < 1.29 is 13.2 Å². The minimum atomic E-state index is -3.43. The summed E-state index contributed by atoms with van der Waals surface area (Å²) in [6.07, 6.45) is 2.70. The van der Waals surface area contributed by atoms with E-state index in [4.69, 9.17) is 0 Å². The van der Waals surface area contributed by atoms with Gasteiger partial charge in [-0.2, -0.15) is 0 Å². The Morgan fingerprint density at radius 2 is 1.40 bits per heavy atom. The zero-order chi connectivity index (χ0) is 24.8. The third kappa shape index (κ3) is 5.81. The number of rotatable bonds is 8. The van der Waals surface area contributed by atoms with Gasteiger partial charge in [0.25, 0.3) is 5.91 Å². The van der Waals surface area contributed by atoms with Crippen molar-refractivity contribution in [1.29, 1.82) is 0 Å². The first kappa shape index (κ1) is 24.7. The Kier molecular flexibility index (Phi) is 7.68. The smallest absolute Gasteiger partial charge is 0.253 e. The predicted molar refractivity (Wildman–Crippen MR) is 141 cm³/mol. The van der Waals surface area contributed by atoms with Crippen LogP contribution in [0.3, 0.4) is 0 Å². The van der Waals surface area contributed by atoms with Crippen LogP contribution in [0.4, 0.5) is 5.69 Å². The lowest BCUT2D eigenvalue weighted by Crippen LogP contribution is -2.49. The van der Waals surface area contributed by atoms with Gasteiger partial charge in [0.1, 0.15) is 0 Å². The van der Waals surface area contributed by atoms with Crippen molar-refractivity contribution in [2.24, 2.45) is 0 Å². The fraction of sp³-hybridized carbons (Fsp3) is 0.250. The van der Waals surface area contributed by atoms with Gasteiger partial charge in [-0.05, 0) is 35.4 Å². The summed E-state index contributed by atoms with van der Waals surface area (Å²) in [5, 5.41) is 0. The molecule has 0 aromatic heterocycles. The third-order valence-electron chi connectivity index (χ3n) is 6.29. The van der Waals surface area contributed by atoms with Gasteiger partial charge >= 0.3 is 0 Å². The Morgan fingerprint density at radius 3 is 1.86 bits per heavy atom. The number of nitrogens with zero attached hydrogens (tertiary/aromatic N) is 3. The second-order valence-electron chi connectivity index (χ2n) is 8.68. The third-order valence-corrected chi connectivity index (χ3v) is 7.46. The lowest BCUT2D eigenvalue weighted by atomic mass is 9.96. The molecule has 4 rings (SSSR count). The van der Waals surface area contributed by atoms with Crippen molar-refractivity contribution in [2.75, 3.05) is 43.3 Å². The lowest BCUT2D eigenvalue weighted by molar-refractivity contribution is 0.0597. The fourth-order valence-electron chi connectivity index (χ4n) is 4.57. The molecule has 1 saturated heterocycles. The lowest BCUT2D eigenvalue weighted by Gasteiger charge is -2.39. The number of amides is 1. The van der Waals surface area contributed by atoms with Crippen LogP contribution in [-0.4, -0.2) is 63.1 Å². The zero-order valence-corrected chi connectivity index (χ0v) is 20.8. The van der Waals surface area contributed by atoms with E-state index in [2.05, 4.69) is 60.0 Å². The Bertz CT molecular complexity index is 1200. The minimum Gasteiger partial charge on any atom is -0.336 e. The molecule has 3 aromatic carbocycles. The van der Waals surface area contributed by atoms with Crippen LogP contribution in [0.15, 0.2) is 97.6 Å². The minimum absolute atomic E-state index is 0.0400. The maximum atomic E-state index is 13.2. The van der Waals surface area contributed by atoms with Crippen molar-refractivity contribution in [1.82, 2.24) is 9.80 Å². The van der Waals surface area contributed by atoms with Gasteiger partial charge in [-0.15, -0.1) is 6.58 Å². The van der Waals surface area contributed by atoms with Crippen LogP contribution in [-0.2, 0) is 10.0 Å². The highest BCUT2D eigenvalue weighted by atomic mass is 32.2. The van der Waals surface area contributed by atoms with E-state index >= 15 is 0 Å². The zero-order valence-electron chi connectivity index (χ0n) is 20.0. The molecule has 3 aromatic rings. The van der Waals surface area contributed by atoms with Gasteiger partial charge in [0.05, 0.1) is 24.5 Å². The number of carbonyl (C=O) groups excluding carboxylic acids is 1. The van der Waals surface area contributed by atoms with Crippen molar-refractivity contribution in [2.45, 2.75) is 6.04 Å². The number of sulfonamides is 1. The van der Waals surface area contributed by atoms with Gasteiger partial charge in [-0.3, -0.25) is 14.0 Å². The number of piperazine rings is 1. The SMILES string of the molecule is C=CCN(c1ccc(C(=O)N2CCN(C(c3ccccc3)c3ccccc3)CC2)cc1)S(C)(=O)=O. The molecule has 7 heteroatoms. The summed E-state index contributed by atoms with van der Waals surface area (Å²) in [4.78, 5) is 17.5. The maximum Gasteiger partial charge on any atom is 0.253 e. The second kappa shape index (κ2) is 10.9. The highest BCUT2D eigenvalue weighted by Crippen LogP contribution is 2.29. The summed E-state index contributed by atoms with van der Waals surface area (Å²) in [5.74, 6) is -0.0400. The molecule has 182 valence electrons. The number of hydrogen-bond donors (Lipinski definition) is 0. The molecule has 1 amide bonds. The summed E-state index contributed by atoms with van der Waals surface area (Å²) >= 11 is 0. The van der Waals surface area contributed by atoms with Gasteiger partial charge in [0.15, 0.2) is 0 Å². The highest BCUT2D eigenvalue weighted by Gasteiger charge is 2.28. The molecular weight excluding hydrogens is 458 g/mol. The van der Waals surface area contributed by atoms with Gasteiger partial charge in [0.2, 0.25) is 10.0 Å². The van der Waals surface area contributed by atoms with E-state index in [-0.39, 0.29) is 18.5 Å². The van der Waals surface area contributed by atoms with Crippen molar-refractivity contribution in [3.8, 4) is 0 Å². The molecule has 6 nitrogen and oxygen atoms in total. The standard InChI is InChI=1S/C28H31N3O3S/c1-3-18-31(35(2,33)34)26-16-14-25(15-17-26)28(32)30-21-19-29(20-22-30)27(23-10-6-4-7-11-23)24-12-8-5-9-13-24/h3-17,27H,1,18-22H2,2H3. The Hall–Kier alpha value is -3.42. The molecule has 1 aliphatic rings. The normalized spacial score (nSPS) is 14.6. The number of hydrogen-bond acceptors (Lipinski definition) is 4. The summed E-state index contributed by atoms with van der Waals surface area (Å²) in [7, 11) is -3.43. The molecule has 0 saturated carbocycles. The molecule has 1 fully saturated rings. The van der Waals surface area contributed by atoms with Gasteiger partial charge in [-0.1, -0.05) is 66.7 Å². The highest BCUT2D eigenvalue weighted by molar-refractivity contribution is 7.92. The van der Waals surface area contributed by atoms with E-state index < -0.39 is 10.0 Å². The average molecular weight is 490 g/mol. The molecule has 0 N–H and O–H groups in total. The molecule has 0 aliphatic carbocycles. The van der Waals surface area contributed by atoms with Crippen molar-refractivity contribution >= 4 is 21.6 Å². The van der Waals surface area contributed by atoms with Crippen LogP contribution in [0, 0.1) is 0 Å². The molecule has 1 heterocycles. The van der Waals surface area contributed by atoms with E-state index in [0.717, 1.165) is 19.3 Å². The van der Waals surface area contributed by atoms with E-state index in [1.807, 2.05) is 17.0 Å². The maximum absolute atomic E-state index is 13.2. The van der Waals surface area contributed by atoms with Crippen LogP contribution in [0.2, 0.25) is 0 Å². The summed E-state index contributed by atoms with van der Waals surface area (Å²) in [6.45, 7) is 6.59. The molecule has 1 aliphatic heterocycles. The molecular formula is C28H31N3O3S. The second-order valence-corrected chi connectivity index (χ2v) is 10.6. The molecule has 0 atom stereocenters. The summed E-state index contributed by atoms with van der Waals surface area (Å²) in [6, 6.07) is 27.8. The average Bonchev–Trinajstić information content (AvgIpc) is 2.88. The van der Waals surface area contributed by atoms with Crippen LogP contribution < -0.4 is 4.31 Å². The summed E-state index contributed by atoms with van der Waals surface area (Å²) in [5.41, 5.74) is 3.55. The monoisotopic (exact) mass is 489 g/mol. The number of benzene rings is 3. The first-order chi connectivity index (χ1) is 16.9. The van der Waals surface area contributed by atoms with Gasteiger partial charge in [0, 0.05) is 31.7 Å². The molecule has 0 radical (unpaired) electrons. The Balaban J connectivity index is 1.46.